The van der Waals surface area contributed by atoms with Gasteiger partial charge < -0.3 is 14.7 Å². The molecule has 2 heterocycles. The van der Waals surface area contributed by atoms with Crippen LogP contribution in [-0.4, -0.2) is 40.4 Å². The molecule has 1 N–H and O–H groups in total. The molecule has 0 fully saturated rings. The smallest absolute Gasteiger partial charge is 0.255 e. The Hall–Kier alpha value is -2.41. The molecule has 2 aromatic heterocycles. The summed E-state index contributed by atoms with van der Waals surface area (Å²) in [7, 11) is 1.52. The Morgan fingerprint density at radius 1 is 1.43 bits per heavy atom. The summed E-state index contributed by atoms with van der Waals surface area (Å²) < 4.78 is 4.83. The first-order valence-corrected chi connectivity index (χ1v) is 6.43. The molecule has 2 amide bonds. The number of nitrogens with zero attached hydrogens (tertiary/aromatic N) is 3. The number of aromatic nitrogens is 2. The van der Waals surface area contributed by atoms with Crippen molar-refractivity contribution in [2.45, 2.75) is 6.92 Å². The molecule has 110 valence electrons. The second-order valence-electron chi connectivity index (χ2n) is 4.40. The van der Waals surface area contributed by atoms with Crippen molar-refractivity contribution in [2.24, 2.45) is 0 Å². The fraction of sp³-hybridized carbons (Fsp3) is 0.231. The number of pyridine rings is 1. The molecule has 0 aliphatic rings. The second-order valence-corrected chi connectivity index (χ2v) is 4.79. The number of hydrogen-bond acceptors (Lipinski definition) is 5. The van der Waals surface area contributed by atoms with E-state index in [1.165, 1.54) is 24.2 Å². The predicted octanol–water partition coefficient (Wildman–Crippen LogP) is 1.74. The maximum Gasteiger partial charge on any atom is 0.255 e. The Morgan fingerprint density at radius 3 is 2.76 bits per heavy atom. The summed E-state index contributed by atoms with van der Waals surface area (Å²) in [5.41, 5.74) is 0.354. The first-order chi connectivity index (χ1) is 9.95. The highest BCUT2D eigenvalue weighted by Gasteiger charge is 2.16. The monoisotopic (exact) mass is 308 g/mol. The highest BCUT2D eigenvalue weighted by Crippen LogP contribution is 2.09. The minimum Gasteiger partial charge on any atom is -0.360 e. The van der Waals surface area contributed by atoms with Crippen LogP contribution in [0.5, 0.6) is 0 Å². The van der Waals surface area contributed by atoms with Crippen LogP contribution in [0, 0.1) is 6.92 Å². The van der Waals surface area contributed by atoms with Crippen LogP contribution in [-0.2, 0) is 4.79 Å². The fourth-order valence-corrected chi connectivity index (χ4v) is 1.73. The van der Waals surface area contributed by atoms with Gasteiger partial charge in [-0.15, -0.1) is 0 Å². The number of hydrogen-bond donors (Lipinski definition) is 1. The van der Waals surface area contributed by atoms with Gasteiger partial charge in [0, 0.05) is 19.3 Å². The van der Waals surface area contributed by atoms with E-state index >= 15 is 0 Å². The zero-order valence-electron chi connectivity index (χ0n) is 11.5. The lowest BCUT2D eigenvalue weighted by atomic mass is 10.2. The van der Waals surface area contributed by atoms with E-state index < -0.39 is 0 Å². The van der Waals surface area contributed by atoms with Gasteiger partial charge >= 0.3 is 0 Å². The van der Waals surface area contributed by atoms with Crippen molar-refractivity contribution in [3.8, 4) is 0 Å². The number of carbonyl (C=O) groups is 2. The van der Waals surface area contributed by atoms with Crippen LogP contribution >= 0.6 is 11.6 Å². The number of anilines is 1. The highest BCUT2D eigenvalue weighted by molar-refractivity contribution is 6.29. The van der Waals surface area contributed by atoms with Gasteiger partial charge in [0.25, 0.3) is 5.91 Å². The molecule has 0 radical (unpaired) electrons. The molecule has 0 atom stereocenters. The molecule has 0 aromatic carbocycles. The topological polar surface area (TPSA) is 88.3 Å². The van der Waals surface area contributed by atoms with E-state index in [4.69, 9.17) is 16.1 Å². The number of rotatable bonds is 4. The molecule has 8 heteroatoms. The largest absolute Gasteiger partial charge is 0.360 e. The minimum atomic E-state index is -0.374. The summed E-state index contributed by atoms with van der Waals surface area (Å²) in [5, 5.41) is 6.47. The van der Waals surface area contributed by atoms with E-state index in [0.29, 0.717) is 22.3 Å². The molecule has 0 unspecified atom stereocenters. The van der Waals surface area contributed by atoms with Crippen molar-refractivity contribution in [3.63, 3.8) is 0 Å². The fourth-order valence-electron chi connectivity index (χ4n) is 1.62. The van der Waals surface area contributed by atoms with E-state index in [1.807, 2.05) is 0 Å². The Bertz CT molecular complexity index is 654. The van der Waals surface area contributed by atoms with Gasteiger partial charge in [0.1, 0.15) is 10.9 Å². The molecule has 0 bridgehead atoms. The molecule has 0 aliphatic heterocycles. The average molecular weight is 309 g/mol. The van der Waals surface area contributed by atoms with Crippen LogP contribution in [0.1, 0.15) is 16.1 Å². The van der Waals surface area contributed by atoms with Crippen molar-refractivity contribution in [3.05, 3.63) is 40.9 Å². The van der Waals surface area contributed by atoms with Crippen LogP contribution in [0.15, 0.2) is 28.9 Å². The van der Waals surface area contributed by atoms with Crippen LogP contribution in [0.3, 0.4) is 0 Å². The van der Waals surface area contributed by atoms with Crippen molar-refractivity contribution in [1.29, 1.82) is 0 Å². The second kappa shape index (κ2) is 6.36. The normalized spacial score (nSPS) is 10.2. The van der Waals surface area contributed by atoms with Gasteiger partial charge in [-0.05, 0) is 19.1 Å². The standard InChI is InChI=1S/C13H13ClN4O3/c1-8-5-11(17-21-8)16-12(19)7-18(2)13(20)9-3-4-10(14)15-6-9/h3-6H,7H2,1-2H3,(H,16,17,19). The van der Waals surface area contributed by atoms with E-state index in [-0.39, 0.29) is 18.4 Å². The lowest BCUT2D eigenvalue weighted by Gasteiger charge is -2.16. The first kappa shape index (κ1) is 15.0. The summed E-state index contributed by atoms with van der Waals surface area (Å²) >= 11 is 5.66. The summed E-state index contributed by atoms with van der Waals surface area (Å²) in [5.74, 6) is 0.195. The van der Waals surface area contributed by atoms with Crippen LogP contribution in [0.25, 0.3) is 0 Å². The van der Waals surface area contributed by atoms with E-state index in [9.17, 15) is 9.59 Å². The average Bonchev–Trinajstić information content (AvgIpc) is 2.83. The van der Waals surface area contributed by atoms with Gasteiger partial charge in [0.05, 0.1) is 12.1 Å². The molecule has 0 saturated heterocycles. The molecule has 0 saturated carbocycles. The zero-order chi connectivity index (χ0) is 15.4. The number of amides is 2. The third-order valence-electron chi connectivity index (χ3n) is 2.60. The number of aryl methyl sites for hydroxylation is 1. The predicted molar refractivity (Wildman–Crippen MR) is 76.1 cm³/mol. The summed E-state index contributed by atoms with van der Waals surface area (Å²) in [6.07, 6.45) is 1.36. The highest BCUT2D eigenvalue weighted by atomic mass is 35.5. The van der Waals surface area contributed by atoms with Crippen molar-refractivity contribution >= 4 is 29.2 Å². The summed E-state index contributed by atoms with van der Waals surface area (Å²) in [4.78, 5) is 29.0. The van der Waals surface area contributed by atoms with Crippen LogP contribution in [0.2, 0.25) is 5.15 Å². The minimum absolute atomic E-state index is 0.118. The number of likely N-dealkylation sites (N-methyl/N-ethyl adjacent to an activating group) is 1. The summed E-state index contributed by atoms with van der Waals surface area (Å²) in [6, 6.07) is 4.65. The number of nitrogens with one attached hydrogen (secondary N) is 1. The lowest BCUT2D eigenvalue weighted by molar-refractivity contribution is -0.116. The van der Waals surface area contributed by atoms with Gasteiger partial charge in [-0.3, -0.25) is 9.59 Å². The first-order valence-electron chi connectivity index (χ1n) is 6.06. The van der Waals surface area contributed by atoms with E-state index in [0.717, 1.165) is 0 Å². The van der Waals surface area contributed by atoms with Crippen molar-refractivity contribution in [1.82, 2.24) is 15.0 Å². The Morgan fingerprint density at radius 2 is 2.19 bits per heavy atom. The number of halogens is 1. The van der Waals surface area contributed by atoms with E-state index in [2.05, 4.69) is 15.5 Å². The van der Waals surface area contributed by atoms with Crippen molar-refractivity contribution in [2.75, 3.05) is 18.9 Å². The third kappa shape index (κ3) is 4.03. The third-order valence-corrected chi connectivity index (χ3v) is 2.82. The molecule has 2 rings (SSSR count). The molecule has 2 aromatic rings. The Kier molecular flexibility index (Phi) is 4.54. The molecular weight excluding hydrogens is 296 g/mol. The van der Waals surface area contributed by atoms with Crippen molar-refractivity contribution < 1.29 is 14.1 Å². The molecule has 21 heavy (non-hydrogen) atoms. The maximum atomic E-state index is 12.1. The Balaban J connectivity index is 1.94. The van der Waals surface area contributed by atoms with Gasteiger partial charge in [0.2, 0.25) is 5.91 Å². The molecule has 0 aliphatic carbocycles. The molecule has 0 spiro atoms. The van der Waals surface area contributed by atoms with Crippen LogP contribution in [0.4, 0.5) is 5.82 Å². The quantitative estimate of drug-likeness (QED) is 0.869. The Labute approximate surface area is 125 Å². The number of carbonyl (C=O) groups excluding carboxylic acids is 2. The summed E-state index contributed by atoms with van der Waals surface area (Å²) in [6.45, 7) is 1.60. The van der Waals surface area contributed by atoms with E-state index in [1.54, 1.807) is 19.1 Å². The van der Waals surface area contributed by atoms with Gasteiger partial charge in [-0.2, -0.15) is 0 Å². The lowest BCUT2D eigenvalue weighted by Crippen LogP contribution is -2.35. The van der Waals surface area contributed by atoms with Gasteiger partial charge in [-0.25, -0.2) is 4.98 Å². The van der Waals surface area contributed by atoms with Gasteiger partial charge in [0.15, 0.2) is 5.82 Å². The van der Waals surface area contributed by atoms with Gasteiger partial charge in [-0.1, -0.05) is 16.8 Å². The van der Waals surface area contributed by atoms with Crippen LogP contribution < -0.4 is 5.32 Å². The molecular formula is C13H13ClN4O3. The molecule has 7 nitrogen and oxygen atoms in total. The zero-order valence-corrected chi connectivity index (χ0v) is 12.2. The maximum absolute atomic E-state index is 12.1. The SMILES string of the molecule is Cc1cc(NC(=O)CN(C)C(=O)c2ccc(Cl)nc2)no1.